The van der Waals surface area contributed by atoms with E-state index in [1.807, 2.05) is 49.4 Å². The average molecular weight is 413 g/mol. The predicted octanol–water partition coefficient (Wildman–Crippen LogP) is 4.49. The molecule has 0 fully saturated rings. The number of carbonyl (C=O) groups is 2. The Morgan fingerprint density at radius 2 is 1.77 bits per heavy atom. The number of ether oxygens (including phenoxy) is 1. The van der Waals surface area contributed by atoms with Crippen molar-refractivity contribution >= 4 is 34.4 Å². The van der Waals surface area contributed by atoms with Gasteiger partial charge < -0.3 is 15.0 Å². The minimum absolute atomic E-state index is 0.0502. The highest BCUT2D eigenvalue weighted by molar-refractivity contribution is 6.11. The fourth-order valence-corrected chi connectivity index (χ4v) is 3.15. The summed E-state index contributed by atoms with van der Waals surface area (Å²) >= 11 is 0. The van der Waals surface area contributed by atoms with Gasteiger partial charge in [0.05, 0.1) is 6.61 Å². The second-order valence-corrected chi connectivity index (χ2v) is 7.03. The predicted molar refractivity (Wildman–Crippen MR) is 122 cm³/mol. The van der Waals surface area contributed by atoms with E-state index in [-0.39, 0.29) is 11.5 Å². The third-order valence-electron chi connectivity index (χ3n) is 4.68. The second kappa shape index (κ2) is 9.59. The highest BCUT2D eigenvalue weighted by Crippen LogP contribution is 2.30. The zero-order valence-electron chi connectivity index (χ0n) is 17.7. The Morgan fingerprint density at radius 3 is 2.42 bits per heavy atom. The van der Waals surface area contributed by atoms with Crippen LogP contribution in [0.25, 0.3) is 16.8 Å². The van der Waals surface area contributed by atoms with Crippen molar-refractivity contribution in [2.75, 3.05) is 26.0 Å². The van der Waals surface area contributed by atoms with Gasteiger partial charge in [-0.25, -0.2) is 0 Å². The molecule has 0 unspecified atom stereocenters. The van der Waals surface area contributed by atoms with E-state index in [9.17, 15) is 14.9 Å². The Labute approximate surface area is 181 Å². The summed E-state index contributed by atoms with van der Waals surface area (Å²) in [5.74, 6) is -0.0623. The normalized spacial score (nSPS) is 11.0. The summed E-state index contributed by atoms with van der Waals surface area (Å²) in [5, 5.41) is 14.2. The fraction of sp³-hybridized carbons (Fsp3) is 0.160. The molecule has 1 N–H and O–H groups in total. The van der Waals surface area contributed by atoms with Crippen molar-refractivity contribution in [1.29, 1.82) is 5.26 Å². The van der Waals surface area contributed by atoms with Gasteiger partial charge in [0.1, 0.15) is 17.4 Å². The Morgan fingerprint density at radius 1 is 1.06 bits per heavy atom. The van der Waals surface area contributed by atoms with Gasteiger partial charge in [-0.1, -0.05) is 30.3 Å². The lowest BCUT2D eigenvalue weighted by molar-refractivity contribution is -0.112. The first-order valence-electron chi connectivity index (χ1n) is 9.84. The monoisotopic (exact) mass is 413 g/mol. The molecule has 3 aromatic rings. The molecule has 0 radical (unpaired) electrons. The number of anilines is 1. The summed E-state index contributed by atoms with van der Waals surface area (Å²) in [5.41, 5.74) is 1.63. The van der Waals surface area contributed by atoms with Crippen LogP contribution in [0, 0.1) is 11.3 Å². The van der Waals surface area contributed by atoms with E-state index >= 15 is 0 Å². The van der Waals surface area contributed by atoms with Gasteiger partial charge in [-0.05, 0) is 54.1 Å². The van der Waals surface area contributed by atoms with Crippen LogP contribution in [0.5, 0.6) is 5.75 Å². The van der Waals surface area contributed by atoms with Gasteiger partial charge in [-0.2, -0.15) is 5.26 Å². The third kappa shape index (κ3) is 4.90. The van der Waals surface area contributed by atoms with Crippen molar-refractivity contribution in [1.82, 2.24) is 4.90 Å². The Kier molecular flexibility index (Phi) is 6.68. The summed E-state index contributed by atoms with van der Waals surface area (Å²) in [6.07, 6.45) is 1.55. The van der Waals surface area contributed by atoms with E-state index in [0.29, 0.717) is 29.2 Å². The number of nitrogens with zero attached hydrogens (tertiary/aromatic N) is 2. The van der Waals surface area contributed by atoms with Gasteiger partial charge in [0.15, 0.2) is 0 Å². The molecule has 0 saturated carbocycles. The van der Waals surface area contributed by atoms with Crippen LogP contribution >= 0.6 is 0 Å². The van der Waals surface area contributed by atoms with Gasteiger partial charge in [0.2, 0.25) is 0 Å². The number of fused-ring (bicyclic) bond motifs is 1. The molecule has 156 valence electrons. The number of nitrogens with one attached hydrogen (secondary N) is 1. The second-order valence-electron chi connectivity index (χ2n) is 7.03. The van der Waals surface area contributed by atoms with Crippen LogP contribution in [0.15, 0.2) is 66.2 Å². The van der Waals surface area contributed by atoms with Crippen LogP contribution in [0.2, 0.25) is 0 Å². The van der Waals surface area contributed by atoms with Gasteiger partial charge in [0.25, 0.3) is 11.8 Å². The first-order chi connectivity index (χ1) is 14.9. The molecule has 0 aromatic heterocycles. The first-order valence-corrected chi connectivity index (χ1v) is 9.84. The van der Waals surface area contributed by atoms with Gasteiger partial charge in [0, 0.05) is 30.9 Å². The molecule has 3 rings (SSSR count). The average Bonchev–Trinajstić information content (AvgIpc) is 2.78. The van der Waals surface area contributed by atoms with Crippen molar-refractivity contribution < 1.29 is 14.3 Å². The third-order valence-corrected chi connectivity index (χ3v) is 4.68. The topological polar surface area (TPSA) is 82.4 Å². The van der Waals surface area contributed by atoms with Crippen LogP contribution < -0.4 is 10.1 Å². The molecule has 0 aliphatic rings. The van der Waals surface area contributed by atoms with Crippen LogP contribution in [-0.2, 0) is 4.79 Å². The highest BCUT2D eigenvalue weighted by Gasteiger charge is 2.14. The van der Waals surface area contributed by atoms with E-state index < -0.39 is 5.91 Å². The maximum atomic E-state index is 12.8. The first kappa shape index (κ1) is 21.6. The molecule has 0 atom stereocenters. The number of nitriles is 1. The molecular formula is C25H23N3O3. The quantitative estimate of drug-likeness (QED) is 0.477. The van der Waals surface area contributed by atoms with Crippen molar-refractivity contribution in [2.45, 2.75) is 6.92 Å². The van der Waals surface area contributed by atoms with Crippen molar-refractivity contribution in [3.63, 3.8) is 0 Å². The molecule has 6 nitrogen and oxygen atoms in total. The van der Waals surface area contributed by atoms with Gasteiger partial charge in [-0.15, -0.1) is 0 Å². The van der Waals surface area contributed by atoms with E-state index in [4.69, 9.17) is 4.74 Å². The lowest BCUT2D eigenvalue weighted by Crippen LogP contribution is -2.21. The number of rotatable bonds is 6. The lowest BCUT2D eigenvalue weighted by atomic mass is 10.0. The molecule has 0 saturated heterocycles. The van der Waals surface area contributed by atoms with Crippen molar-refractivity contribution in [2.24, 2.45) is 0 Å². The Bertz CT molecular complexity index is 1190. The standard InChI is InChI=1S/C25H23N3O3/c1-4-31-23-14-11-17-7-5-6-8-21(17)22(23)15-19(16-26)24(29)27-20-12-9-18(10-13-20)25(30)28(2)3/h5-15H,4H2,1-3H3,(H,27,29)/b19-15+. The lowest BCUT2D eigenvalue weighted by Gasteiger charge is -2.12. The number of carbonyl (C=O) groups excluding carboxylic acids is 2. The van der Waals surface area contributed by atoms with E-state index in [1.54, 1.807) is 44.4 Å². The Balaban J connectivity index is 1.92. The summed E-state index contributed by atoms with van der Waals surface area (Å²) < 4.78 is 5.72. The molecular weight excluding hydrogens is 390 g/mol. The smallest absolute Gasteiger partial charge is 0.266 e. The number of amides is 2. The van der Waals surface area contributed by atoms with E-state index in [1.165, 1.54) is 4.90 Å². The molecule has 0 spiro atoms. The van der Waals surface area contributed by atoms with Crippen LogP contribution in [0.4, 0.5) is 5.69 Å². The SMILES string of the molecule is CCOc1ccc2ccccc2c1/C=C(\C#N)C(=O)Nc1ccc(C(=O)N(C)C)cc1. The van der Waals surface area contributed by atoms with Gasteiger partial charge >= 0.3 is 0 Å². The summed E-state index contributed by atoms with van der Waals surface area (Å²) in [4.78, 5) is 26.2. The molecule has 0 heterocycles. The van der Waals surface area contributed by atoms with Crippen LogP contribution in [0.1, 0.15) is 22.8 Å². The fourth-order valence-electron chi connectivity index (χ4n) is 3.15. The van der Waals surface area contributed by atoms with Gasteiger partial charge in [-0.3, -0.25) is 9.59 Å². The van der Waals surface area contributed by atoms with E-state index in [0.717, 1.165) is 10.8 Å². The van der Waals surface area contributed by atoms with Crippen molar-refractivity contribution in [3.8, 4) is 11.8 Å². The summed E-state index contributed by atoms with van der Waals surface area (Å²) in [7, 11) is 3.34. The summed E-state index contributed by atoms with van der Waals surface area (Å²) in [6, 6.07) is 20.0. The molecule has 6 heteroatoms. The van der Waals surface area contributed by atoms with Crippen LogP contribution in [0.3, 0.4) is 0 Å². The number of hydrogen-bond donors (Lipinski definition) is 1. The summed E-state index contributed by atoms with van der Waals surface area (Å²) in [6.45, 7) is 2.34. The maximum Gasteiger partial charge on any atom is 0.266 e. The zero-order chi connectivity index (χ0) is 22.4. The molecule has 0 bridgehead atoms. The Hall–Kier alpha value is -4.11. The minimum Gasteiger partial charge on any atom is -0.493 e. The molecule has 2 amide bonds. The maximum absolute atomic E-state index is 12.8. The molecule has 0 aliphatic heterocycles. The van der Waals surface area contributed by atoms with Crippen LogP contribution in [-0.4, -0.2) is 37.4 Å². The largest absolute Gasteiger partial charge is 0.493 e. The van der Waals surface area contributed by atoms with E-state index in [2.05, 4.69) is 5.32 Å². The minimum atomic E-state index is -0.537. The zero-order valence-corrected chi connectivity index (χ0v) is 17.7. The molecule has 3 aromatic carbocycles. The van der Waals surface area contributed by atoms with Crippen molar-refractivity contribution in [3.05, 3.63) is 77.4 Å². The highest BCUT2D eigenvalue weighted by atomic mass is 16.5. The number of hydrogen-bond acceptors (Lipinski definition) is 4. The molecule has 31 heavy (non-hydrogen) atoms. The molecule has 0 aliphatic carbocycles. The number of benzene rings is 3.